The number of ether oxygens (including phenoxy) is 1. The fraction of sp³-hybridized carbons (Fsp3) is 1.00. The van der Waals surface area contributed by atoms with Gasteiger partial charge in [-0.3, -0.25) is 0 Å². The van der Waals surface area contributed by atoms with E-state index in [1.807, 2.05) is 0 Å². The van der Waals surface area contributed by atoms with Crippen LogP contribution in [0.1, 0.15) is 59.8 Å². The third-order valence-electron chi connectivity index (χ3n) is 6.80. The van der Waals surface area contributed by atoms with E-state index >= 15 is 0 Å². The van der Waals surface area contributed by atoms with Crippen LogP contribution < -0.4 is 0 Å². The lowest BCUT2D eigenvalue weighted by atomic mass is 9.70. The molecule has 1 N–H and O–H groups in total. The van der Waals surface area contributed by atoms with Crippen molar-refractivity contribution in [2.24, 2.45) is 22.7 Å². The van der Waals surface area contributed by atoms with Gasteiger partial charge in [0, 0.05) is 13.1 Å². The molecule has 0 unspecified atom stereocenters. The summed E-state index contributed by atoms with van der Waals surface area (Å²) in [6.07, 6.45) is 6.54. The zero-order chi connectivity index (χ0) is 16.0. The molecule has 3 nitrogen and oxygen atoms in total. The number of aliphatic hydroxyl groups excluding tert-OH is 1. The number of fused-ring (bicyclic) bond motifs is 2. The summed E-state index contributed by atoms with van der Waals surface area (Å²) in [5.41, 5.74) is 0.611. The van der Waals surface area contributed by atoms with Gasteiger partial charge in [0.15, 0.2) is 0 Å². The van der Waals surface area contributed by atoms with Crippen molar-refractivity contribution in [3.8, 4) is 0 Å². The Morgan fingerprint density at radius 3 is 2.68 bits per heavy atom. The lowest BCUT2D eigenvalue weighted by molar-refractivity contribution is -0.114. The van der Waals surface area contributed by atoms with E-state index in [0.29, 0.717) is 18.1 Å². The first-order valence-corrected chi connectivity index (χ1v) is 9.33. The van der Waals surface area contributed by atoms with Crippen LogP contribution in [-0.2, 0) is 4.74 Å². The summed E-state index contributed by atoms with van der Waals surface area (Å²) in [4.78, 5) is 2.41. The zero-order valence-corrected chi connectivity index (χ0v) is 15.0. The van der Waals surface area contributed by atoms with Gasteiger partial charge in [0.2, 0.25) is 0 Å². The number of nitrogens with zero attached hydrogens (tertiary/aromatic N) is 1. The maximum Gasteiger partial charge on any atom is 0.0900 e. The SMILES string of the molecule is C[C@@H]1CCCN(C[C@H](O)CO[C@@H]2C(C)(C)[C@@H]3CC[C@]2(C)C3)C1. The van der Waals surface area contributed by atoms with E-state index in [4.69, 9.17) is 4.74 Å². The van der Waals surface area contributed by atoms with Gasteiger partial charge >= 0.3 is 0 Å². The van der Waals surface area contributed by atoms with Gasteiger partial charge in [0.25, 0.3) is 0 Å². The number of aliphatic hydroxyl groups is 1. The van der Waals surface area contributed by atoms with Gasteiger partial charge in [0.05, 0.1) is 18.8 Å². The summed E-state index contributed by atoms with van der Waals surface area (Å²) in [7, 11) is 0. The van der Waals surface area contributed by atoms with Crippen molar-refractivity contribution in [2.75, 3.05) is 26.2 Å². The second-order valence-electron chi connectivity index (χ2n) is 9.29. The minimum absolute atomic E-state index is 0.270. The molecule has 5 atom stereocenters. The summed E-state index contributed by atoms with van der Waals surface area (Å²) in [6, 6.07) is 0. The third-order valence-corrected chi connectivity index (χ3v) is 6.80. The number of hydrogen-bond donors (Lipinski definition) is 1. The fourth-order valence-corrected chi connectivity index (χ4v) is 5.68. The number of likely N-dealkylation sites (tertiary alicyclic amines) is 1. The molecule has 3 heteroatoms. The highest BCUT2D eigenvalue weighted by Gasteiger charge is 2.60. The summed E-state index contributed by atoms with van der Waals surface area (Å²) in [5, 5.41) is 10.4. The average Bonchev–Trinajstić information content (AvgIpc) is 2.89. The van der Waals surface area contributed by atoms with Gasteiger partial charge < -0.3 is 14.7 Å². The molecule has 0 aromatic carbocycles. The van der Waals surface area contributed by atoms with Crippen molar-refractivity contribution in [1.82, 2.24) is 4.90 Å². The summed E-state index contributed by atoms with van der Waals surface area (Å²) in [6.45, 7) is 13.0. The van der Waals surface area contributed by atoms with Gasteiger partial charge in [-0.05, 0) is 61.3 Å². The molecule has 0 amide bonds. The Bertz CT molecular complexity index is 392. The minimum atomic E-state index is -0.344. The van der Waals surface area contributed by atoms with Gasteiger partial charge in [-0.25, -0.2) is 0 Å². The monoisotopic (exact) mass is 309 g/mol. The molecule has 2 aliphatic carbocycles. The first-order valence-electron chi connectivity index (χ1n) is 9.33. The summed E-state index contributed by atoms with van der Waals surface area (Å²) in [5.74, 6) is 1.58. The Morgan fingerprint density at radius 1 is 1.27 bits per heavy atom. The molecule has 22 heavy (non-hydrogen) atoms. The smallest absolute Gasteiger partial charge is 0.0900 e. The van der Waals surface area contributed by atoms with Crippen molar-refractivity contribution in [3.63, 3.8) is 0 Å². The van der Waals surface area contributed by atoms with Crippen molar-refractivity contribution in [1.29, 1.82) is 0 Å². The summed E-state index contributed by atoms with van der Waals surface area (Å²) < 4.78 is 6.31. The van der Waals surface area contributed by atoms with Gasteiger partial charge in [-0.1, -0.05) is 27.7 Å². The van der Waals surface area contributed by atoms with E-state index in [9.17, 15) is 5.11 Å². The lowest BCUT2D eigenvalue weighted by Crippen LogP contribution is -2.45. The molecule has 3 rings (SSSR count). The molecular formula is C19H35NO2. The number of hydrogen-bond acceptors (Lipinski definition) is 3. The number of piperidine rings is 1. The highest BCUT2D eigenvalue weighted by Crippen LogP contribution is 2.63. The zero-order valence-electron chi connectivity index (χ0n) is 15.0. The van der Waals surface area contributed by atoms with E-state index in [1.165, 1.54) is 32.1 Å². The van der Waals surface area contributed by atoms with Crippen LogP contribution in [0.4, 0.5) is 0 Å². The average molecular weight is 309 g/mol. The Kier molecular flexibility index (Phi) is 4.61. The van der Waals surface area contributed by atoms with E-state index < -0.39 is 0 Å². The molecule has 2 saturated carbocycles. The second kappa shape index (κ2) is 6.07. The molecule has 0 aromatic rings. The van der Waals surface area contributed by atoms with Crippen LogP contribution in [0, 0.1) is 22.7 Å². The standard InChI is InChI=1S/C19H35NO2/c1-14-6-5-9-20(11-14)12-16(21)13-22-17-18(2,3)15-7-8-19(17,4)10-15/h14-17,21H,5-13H2,1-4H3/t14-,15-,16+,17-,19-/m1/s1. The highest BCUT2D eigenvalue weighted by atomic mass is 16.5. The second-order valence-corrected chi connectivity index (χ2v) is 9.29. The third kappa shape index (κ3) is 3.09. The quantitative estimate of drug-likeness (QED) is 0.846. The first-order chi connectivity index (χ1) is 10.3. The lowest BCUT2D eigenvalue weighted by Gasteiger charge is -2.43. The van der Waals surface area contributed by atoms with Crippen molar-refractivity contribution in [3.05, 3.63) is 0 Å². The van der Waals surface area contributed by atoms with Gasteiger partial charge in [-0.2, -0.15) is 0 Å². The topological polar surface area (TPSA) is 32.7 Å². The normalized spacial score (nSPS) is 42.7. The molecule has 0 radical (unpaired) electrons. The molecule has 128 valence electrons. The van der Waals surface area contributed by atoms with Gasteiger partial charge in [0.1, 0.15) is 0 Å². The van der Waals surface area contributed by atoms with Crippen LogP contribution in [0.15, 0.2) is 0 Å². The van der Waals surface area contributed by atoms with Crippen LogP contribution in [0.5, 0.6) is 0 Å². The van der Waals surface area contributed by atoms with E-state index in [-0.39, 0.29) is 11.5 Å². The predicted molar refractivity (Wildman–Crippen MR) is 89.8 cm³/mol. The van der Waals surface area contributed by atoms with E-state index in [1.54, 1.807) is 0 Å². The van der Waals surface area contributed by atoms with Crippen LogP contribution in [-0.4, -0.2) is 48.5 Å². The molecule has 3 aliphatic rings. The largest absolute Gasteiger partial charge is 0.389 e. The maximum atomic E-state index is 10.4. The predicted octanol–water partition coefficient (Wildman–Crippen LogP) is 3.31. The van der Waals surface area contributed by atoms with E-state index in [2.05, 4.69) is 32.6 Å². The molecule has 1 aliphatic heterocycles. The molecular weight excluding hydrogens is 274 g/mol. The van der Waals surface area contributed by atoms with Gasteiger partial charge in [-0.15, -0.1) is 0 Å². The minimum Gasteiger partial charge on any atom is -0.389 e. The molecule has 1 saturated heterocycles. The highest BCUT2D eigenvalue weighted by molar-refractivity contribution is 5.09. The van der Waals surface area contributed by atoms with Crippen LogP contribution >= 0.6 is 0 Å². The number of β-amino-alcohol motifs (C(OH)–C–C–N with tert-alkyl or cyclic N) is 1. The van der Waals surface area contributed by atoms with Crippen LogP contribution in [0.25, 0.3) is 0 Å². The Balaban J connectivity index is 1.49. The van der Waals surface area contributed by atoms with Crippen molar-refractivity contribution in [2.45, 2.75) is 72.0 Å². The number of rotatable bonds is 5. The molecule has 2 bridgehead atoms. The first kappa shape index (κ1) is 16.7. The van der Waals surface area contributed by atoms with Crippen molar-refractivity contribution >= 4 is 0 Å². The fourth-order valence-electron chi connectivity index (χ4n) is 5.68. The molecule has 3 fully saturated rings. The molecule has 0 spiro atoms. The van der Waals surface area contributed by atoms with Crippen molar-refractivity contribution < 1.29 is 9.84 Å². The Hall–Kier alpha value is -0.120. The Labute approximate surface area is 136 Å². The molecule has 0 aromatic heterocycles. The van der Waals surface area contributed by atoms with E-state index in [0.717, 1.165) is 31.5 Å². The Morgan fingerprint density at radius 2 is 2.05 bits per heavy atom. The van der Waals surface area contributed by atoms with Crippen LogP contribution in [0.2, 0.25) is 0 Å². The maximum absolute atomic E-state index is 10.4. The summed E-state index contributed by atoms with van der Waals surface area (Å²) >= 11 is 0. The molecule has 1 heterocycles. The van der Waals surface area contributed by atoms with Crippen LogP contribution in [0.3, 0.4) is 0 Å².